The van der Waals surface area contributed by atoms with E-state index in [0.29, 0.717) is 40.4 Å². The summed E-state index contributed by atoms with van der Waals surface area (Å²) < 4.78 is 12.8. The van der Waals surface area contributed by atoms with Gasteiger partial charge in [0.1, 0.15) is 13.2 Å². The summed E-state index contributed by atoms with van der Waals surface area (Å²) in [5.74, 6) is 0.0740. The lowest BCUT2D eigenvalue weighted by Gasteiger charge is -2.16. The lowest BCUT2D eigenvalue weighted by Crippen LogP contribution is -2.36. The second kappa shape index (κ2) is 12.8. The molecule has 7 nitrogen and oxygen atoms in total. The summed E-state index contributed by atoms with van der Waals surface area (Å²) in [4.78, 5) is 39.6. The molecule has 1 aliphatic rings. The molecule has 42 heavy (non-hydrogen) atoms. The molecule has 0 saturated carbocycles. The Bertz CT molecular complexity index is 1730. The van der Waals surface area contributed by atoms with Crippen molar-refractivity contribution in [1.82, 2.24) is 4.90 Å². The maximum absolute atomic E-state index is 13.1. The maximum atomic E-state index is 13.1. The Labute approximate surface area is 257 Å². The number of hydrogen-bond donors (Lipinski definition) is 1. The van der Waals surface area contributed by atoms with E-state index < -0.39 is 17.1 Å². The molecule has 214 valence electrons. The Morgan fingerprint density at radius 1 is 0.976 bits per heavy atom. The third-order valence-corrected chi connectivity index (χ3v) is 8.34. The maximum Gasteiger partial charge on any atom is 0.294 e. The van der Waals surface area contributed by atoms with Crippen LogP contribution in [-0.2, 0) is 16.2 Å². The minimum atomic E-state index is -0.523. The summed E-state index contributed by atoms with van der Waals surface area (Å²) in [5, 5.41) is 4.51. The fourth-order valence-corrected chi connectivity index (χ4v) is 6.01. The number of aryl methyl sites for hydroxylation is 2. The average Bonchev–Trinajstić information content (AvgIpc) is 3.22. The zero-order valence-corrected chi connectivity index (χ0v) is 25.8. The van der Waals surface area contributed by atoms with Gasteiger partial charge in [-0.15, -0.1) is 0 Å². The molecule has 4 aromatic carbocycles. The Morgan fingerprint density at radius 2 is 1.76 bits per heavy atom. The molecule has 1 fully saturated rings. The number of rotatable bonds is 9. The summed E-state index contributed by atoms with van der Waals surface area (Å²) in [7, 11) is 0. The molecule has 0 bridgehead atoms. The number of fused-ring (bicyclic) bond motifs is 1. The van der Waals surface area contributed by atoms with Gasteiger partial charge in [-0.25, -0.2) is 0 Å². The lowest BCUT2D eigenvalue weighted by atomic mass is 10.1. The van der Waals surface area contributed by atoms with Gasteiger partial charge in [-0.3, -0.25) is 19.3 Å². The highest BCUT2D eigenvalue weighted by molar-refractivity contribution is 9.10. The zero-order valence-electron chi connectivity index (χ0n) is 23.4. The summed E-state index contributed by atoms with van der Waals surface area (Å²) in [5.41, 5.74) is 4.44. The molecule has 0 spiro atoms. The summed E-state index contributed by atoms with van der Waals surface area (Å²) >= 11 is 4.40. The number of halogens is 1. The topological polar surface area (TPSA) is 84.9 Å². The van der Waals surface area contributed by atoms with Crippen molar-refractivity contribution in [3.05, 3.63) is 104 Å². The molecule has 0 radical (unpaired) electrons. The van der Waals surface area contributed by atoms with Gasteiger partial charge in [0.25, 0.3) is 11.1 Å². The highest BCUT2D eigenvalue weighted by Gasteiger charge is 2.36. The third kappa shape index (κ3) is 6.53. The minimum Gasteiger partial charge on any atom is -0.490 e. The van der Waals surface area contributed by atoms with Crippen molar-refractivity contribution in [2.45, 2.75) is 27.4 Å². The van der Waals surface area contributed by atoms with E-state index in [0.717, 1.165) is 44.1 Å². The molecule has 5 rings (SSSR count). The second-order valence-electron chi connectivity index (χ2n) is 9.81. The molecular formula is C33H29BrN2O5S. The van der Waals surface area contributed by atoms with Crippen LogP contribution in [0.5, 0.6) is 11.5 Å². The van der Waals surface area contributed by atoms with Gasteiger partial charge in [0.15, 0.2) is 11.5 Å². The smallest absolute Gasteiger partial charge is 0.294 e. The van der Waals surface area contributed by atoms with E-state index in [4.69, 9.17) is 9.47 Å². The lowest BCUT2D eigenvalue weighted by molar-refractivity contribution is -0.127. The Balaban J connectivity index is 1.32. The van der Waals surface area contributed by atoms with E-state index in [1.54, 1.807) is 24.3 Å². The van der Waals surface area contributed by atoms with Crippen molar-refractivity contribution in [3.63, 3.8) is 0 Å². The molecule has 0 aliphatic carbocycles. The fourth-order valence-electron chi connectivity index (χ4n) is 4.59. The standard InChI is InChI=1S/C33H29BrN2O5S/c1-4-40-28-16-22(15-27(34)31(28)41-19-24-10-7-9-23-8-5-6-11-26(23)24)17-29-32(38)36(33(39)42-29)18-30(37)35-25-13-12-20(2)21(3)14-25/h5-17H,4,18-19H2,1-3H3,(H,35,37)/b29-17+. The highest BCUT2D eigenvalue weighted by atomic mass is 79.9. The second-order valence-corrected chi connectivity index (χ2v) is 11.7. The quantitative estimate of drug-likeness (QED) is 0.187. The summed E-state index contributed by atoms with van der Waals surface area (Å²) in [6, 6.07) is 23.4. The van der Waals surface area contributed by atoms with Crippen LogP contribution < -0.4 is 14.8 Å². The number of hydrogen-bond acceptors (Lipinski definition) is 6. The van der Waals surface area contributed by atoms with E-state index in [1.807, 2.05) is 57.2 Å². The first-order chi connectivity index (χ1) is 20.2. The predicted octanol–water partition coefficient (Wildman–Crippen LogP) is 7.87. The number of carbonyl (C=O) groups is 3. The SMILES string of the molecule is CCOc1cc(/C=C2/SC(=O)N(CC(=O)Nc3ccc(C)c(C)c3)C2=O)cc(Br)c1OCc1cccc2ccccc12. The number of anilines is 1. The number of benzene rings is 4. The molecule has 9 heteroatoms. The molecular weight excluding hydrogens is 616 g/mol. The van der Waals surface area contributed by atoms with Gasteiger partial charge in [-0.05, 0) is 112 Å². The van der Waals surface area contributed by atoms with Crippen LogP contribution >= 0.6 is 27.7 Å². The van der Waals surface area contributed by atoms with Gasteiger partial charge in [0.2, 0.25) is 5.91 Å². The van der Waals surface area contributed by atoms with Crippen molar-refractivity contribution in [2.24, 2.45) is 0 Å². The van der Waals surface area contributed by atoms with Crippen molar-refractivity contribution >= 4 is 67.3 Å². The monoisotopic (exact) mass is 644 g/mol. The first-order valence-corrected chi connectivity index (χ1v) is 15.0. The van der Waals surface area contributed by atoms with Crippen LogP contribution in [0.4, 0.5) is 10.5 Å². The molecule has 1 N–H and O–H groups in total. The Kier molecular flexibility index (Phi) is 8.99. The van der Waals surface area contributed by atoms with Gasteiger partial charge in [-0.1, -0.05) is 48.5 Å². The third-order valence-electron chi connectivity index (χ3n) is 6.85. The molecule has 1 saturated heterocycles. The first-order valence-electron chi connectivity index (χ1n) is 13.4. The zero-order chi connectivity index (χ0) is 29.8. The number of amides is 3. The largest absolute Gasteiger partial charge is 0.490 e. The van der Waals surface area contributed by atoms with Gasteiger partial charge >= 0.3 is 0 Å². The summed E-state index contributed by atoms with van der Waals surface area (Å²) in [6.07, 6.45) is 1.62. The fraction of sp³-hybridized carbons (Fsp3) is 0.182. The normalized spacial score (nSPS) is 14.1. The van der Waals surface area contributed by atoms with Crippen molar-refractivity contribution in [1.29, 1.82) is 0 Å². The average molecular weight is 646 g/mol. The molecule has 1 aliphatic heterocycles. The van der Waals surface area contributed by atoms with E-state index in [9.17, 15) is 14.4 Å². The molecule has 0 aromatic heterocycles. The molecule has 3 amide bonds. The van der Waals surface area contributed by atoms with E-state index >= 15 is 0 Å². The summed E-state index contributed by atoms with van der Waals surface area (Å²) in [6.45, 7) is 6.18. The number of carbonyl (C=O) groups excluding carboxylic acids is 3. The number of ether oxygens (including phenoxy) is 2. The molecule has 4 aromatic rings. The van der Waals surface area contributed by atoms with E-state index in [-0.39, 0.29) is 11.4 Å². The van der Waals surface area contributed by atoms with Gasteiger partial charge in [0.05, 0.1) is 16.0 Å². The Morgan fingerprint density at radius 3 is 2.55 bits per heavy atom. The van der Waals surface area contributed by atoms with Crippen LogP contribution in [0.3, 0.4) is 0 Å². The van der Waals surface area contributed by atoms with Crippen LogP contribution in [0, 0.1) is 13.8 Å². The Hall–Kier alpha value is -4.08. The molecule has 0 atom stereocenters. The highest BCUT2D eigenvalue weighted by Crippen LogP contribution is 2.40. The minimum absolute atomic E-state index is 0.220. The van der Waals surface area contributed by atoms with E-state index in [1.165, 1.54) is 0 Å². The van der Waals surface area contributed by atoms with Crippen molar-refractivity contribution in [2.75, 3.05) is 18.5 Å². The van der Waals surface area contributed by atoms with Crippen LogP contribution in [-0.4, -0.2) is 35.1 Å². The first kappa shape index (κ1) is 29.4. The van der Waals surface area contributed by atoms with Crippen LogP contribution in [0.15, 0.2) is 82.2 Å². The predicted molar refractivity (Wildman–Crippen MR) is 171 cm³/mol. The number of thioether (sulfide) groups is 1. The number of nitrogens with one attached hydrogen (secondary N) is 1. The van der Waals surface area contributed by atoms with Crippen LogP contribution in [0.25, 0.3) is 16.8 Å². The van der Waals surface area contributed by atoms with Crippen molar-refractivity contribution < 1.29 is 23.9 Å². The number of imide groups is 1. The molecule has 0 unspecified atom stereocenters. The van der Waals surface area contributed by atoms with Gasteiger partial charge < -0.3 is 14.8 Å². The van der Waals surface area contributed by atoms with E-state index in [2.05, 4.69) is 39.4 Å². The molecule has 1 heterocycles. The van der Waals surface area contributed by atoms with Gasteiger partial charge in [0, 0.05) is 5.69 Å². The number of nitrogens with zero attached hydrogens (tertiary/aromatic N) is 1. The van der Waals surface area contributed by atoms with Crippen molar-refractivity contribution in [3.8, 4) is 11.5 Å². The van der Waals surface area contributed by atoms with Crippen LogP contribution in [0.2, 0.25) is 0 Å². The van der Waals surface area contributed by atoms with Gasteiger partial charge in [-0.2, -0.15) is 0 Å². The van der Waals surface area contributed by atoms with Crippen LogP contribution in [0.1, 0.15) is 29.2 Å².